The summed E-state index contributed by atoms with van der Waals surface area (Å²) in [5.41, 5.74) is 1.20. The first-order chi connectivity index (χ1) is 12.3. The molecule has 132 valence electrons. The van der Waals surface area contributed by atoms with Gasteiger partial charge in [0.05, 0.1) is 12.1 Å². The largest absolute Gasteiger partial charge is 0.490 e. The van der Waals surface area contributed by atoms with Crippen molar-refractivity contribution in [2.24, 2.45) is 0 Å². The summed E-state index contributed by atoms with van der Waals surface area (Å²) in [5.74, 6) is 0.987. The maximum absolute atomic E-state index is 6.36. The summed E-state index contributed by atoms with van der Waals surface area (Å²) in [6.45, 7) is 3.58. The Balaban J connectivity index is 1.44. The molecule has 0 bridgehead atoms. The van der Waals surface area contributed by atoms with E-state index in [1.807, 2.05) is 11.6 Å². The Morgan fingerprint density at radius 3 is 2.88 bits per heavy atom. The highest BCUT2D eigenvalue weighted by atomic mass is 32.1. The van der Waals surface area contributed by atoms with Crippen molar-refractivity contribution < 1.29 is 9.47 Å². The molecule has 0 N–H and O–H groups in total. The smallest absolute Gasteiger partial charge is 0.185 e. The number of fused-ring (bicyclic) bond motifs is 1. The van der Waals surface area contributed by atoms with Crippen molar-refractivity contribution in [1.29, 1.82) is 0 Å². The number of ether oxygens (including phenoxy) is 2. The van der Waals surface area contributed by atoms with Gasteiger partial charge in [-0.3, -0.25) is 0 Å². The fraction of sp³-hybridized carbons (Fsp3) is 0.421. The Morgan fingerprint density at radius 2 is 2.12 bits per heavy atom. The molecular weight excluding hydrogens is 334 g/mol. The second-order valence-corrected chi connectivity index (χ2v) is 7.18. The molecule has 1 aliphatic rings. The predicted molar refractivity (Wildman–Crippen MR) is 102 cm³/mol. The van der Waals surface area contributed by atoms with Crippen molar-refractivity contribution in [3.8, 4) is 5.75 Å². The summed E-state index contributed by atoms with van der Waals surface area (Å²) in [7, 11) is 1.73. The first-order valence-corrected chi connectivity index (χ1v) is 9.61. The highest BCUT2D eigenvalue weighted by Crippen LogP contribution is 2.30. The third-order valence-corrected chi connectivity index (χ3v) is 5.57. The third-order valence-electron chi connectivity index (χ3n) is 4.74. The number of methoxy groups -OCH3 is 1. The Kier molecular flexibility index (Phi) is 4.90. The lowest BCUT2D eigenvalue weighted by molar-refractivity contribution is 0.173. The van der Waals surface area contributed by atoms with Crippen LogP contribution in [-0.4, -0.2) is 42.5 Å². The van der Waals surface area contributed by atoms with Crippen molar-refractivity contribution in [3.05, 3.63) is 42.0 Å². The molecule has 4 rings (SSSR count). The van der Waals surface area contributed by atoms with E-state index in [2.05, 4.69) is 44.9 Å². The van der Waals surface area contributed by atoms with Gasteiger partial charge in [-0.15, -0.1) is 11.3 Å². The Morgan fingerprint density at radius 1 is 1.24 bits per heavy atom. The minimum atomic E-state index is 0.268. The number of nitrogens with zero attached hydrogens (tertiary/aromatic N) is 3. The zero-order valence-electron chi connectivity index (χ0n) is 14.4. The number of aromatic nitrogens is 2. The van der Waals surface area contributed by atoms with Gasteiger partial charge in [0, 0.05) is 62.7 Å². The Labute approximate surface area is 151 Å². The second kappa shape index (κ2) is 7.45. The molecule has 2 aromatic heterocycles. The number of hydrogen-bond donors (Lipinski definition) is 0. The molecule has 1 aromatic carbocycles. The molecule has 25 heavy (non-hydrogen) atoms. The lowest BCUT2D eigenvalue weighted by Gasteiger charge is -2.32. The van der Waals surface area contributed by atoms with Crippen LogP contribution in [0.2, 0.25) is 0 Å². The van der Waals surface area contributed by atoms with Gasteiger partial charge in [0.1, 0.15) is 11.9 Å². The molecule has 1 fully saturated rings. The summed E-state index contributed by atoms with van der Waals surface area (Å²) in [6.07, 6.45) is 6.31. The Hall–Kier alpha value is -2.05. The van der Waals surface area contributed by atoms with E-state index in [0.29, 0.717) is 6.61 Å². The van der Waals surface area contributed by atoms with Crippen LogP contribution < -0.4 is 9.64 Å². The van der Waals surface area contributed by atoms with E-state index in [4.69, 9.17) is 9.47 Å². The minimum absolute atomic E-state index is 0.268. The van der Waals surface area contributed by atoms with Crippen LogP contribution in [0.1, 0.15) is 12.8 Å². The van der Waals surface area contributed by atoms with Gasteiger partial charge in [-0.1, -0.05) is 6.07 Å². The standard InChI is InChI=1S/C19H23N3O2S/c1-23-13-12-21-11-7-16-17(21)3-2-4-18(16)24-15-5-9-22(10-6-15)19-20-8-14-25-19/h2-4,7-8,11,14-15H,5-6,9-10,12-13H2,1H3. The van der Waals surface area contributed by atoms with E-state index in [0.717, 1.165) is 43.4 Å². The van der Waals surface area contributed by atoms with E-state index in [1.165, 1.54) is 10.9 Å². The van der Waals surface area contributed by atoms with Gasteiger partial charge < -0.3 is 18.9 Å². The number of benzene rings is 1. The first kappa shape index (κ1) is 16.4. The Bertz CT molecular complexity index is 807. The molecule has 3 aromatic rings. The van der Waals surface area contributed by atoms with E-state index < -0.39 is 0 Å². The molecule has 0 radical (unpaired) electrons. The van der Waals surface area contributed by atoms with Gasteiger partial charge in [-0.2, -0.15) is 0 Å². The predicted octanol–water partition coefficient (Wildman–Crippen LogP) is 3.79. The number of anilines is 1. The molecule has 3 heterocycles. The van der Waals surface area contributed by atoms with Gasteiger partial charge in [-0.05, 0) is 18.2 Å². The normalized spacial score (nSPS) is 15.8. The summed E-state index contributed by atoms with van der Waals surface area (Å²) < 4.78 is 13.8. The third kappa shape index (κ3) is 3.50. The van der Waals surface area contributed by atoms with Crippen molar-refractivity contribution in [2.75, 3.05) is 31.7 Å². The quantitative estimate of drug-likeness (QED) is 0.673. The van der Waals surface area contributed by atoms with Gasteiger partial charge in [0.25, 0.3) is 0 Å². The van der Waals surface area contributed by atoms with Crippen LogP contribution in [0, 0.1) is 0 Å². The van der Waals surface area contributed by atoms with Crippen LogP contribution in [0.5, 0.6) is 5.75 Å². The van der Waals surface area contributed by atoms with Crippen LogP contribution in [0.15, 0.2) is 42.0 Å². The zero-order chi connectivity index (χ0) is 17.1. The first-order valence-electron chi connectivity index (χ1n) is 8.73. The molecular formula is C19H23N3O2S. The van der Waals surface area contributed by atoms with E-state index >= 15 is 0 Å². The van der Waals surface area contributed by atoms with Crippen LogP contribution >= 0.6 is 11.3 Å². The van der Waals surface area contributed by atoms with Crippen molar-refractivity contribution in [3.63, 3.8) is 0 Å². The van der Waals surface area contributed by atoms with Gasteiger partial charge in [0.2, 0.25) is 0 Å². The topological polar surface area (TPSA) is 39.5 Å². The minimum Gasteiger partial charge on any atom is -0.490 e. The molecule has 0 saturated carbocycles. The summed E-state index contributed by atoms with van der Waals surface area (Å²) in [4.78, 5) is 6.76. The van der Waals surface area contributed by atoms with Crippen LogP contribution in [0.3, 0.4) is 0 Å². The van der Waals surface area contributed by atoms with Gasteiger partial charge in [-0.25, -0.2) is 4.98 Å². The highest BCUT2D eigenvalue weighted by molar-refractivity contribution is 7.13. The number of piperidine rings is 1. The second-order valence-electron chi connectivity index (χ2n) is 6.31. The van der Waals surface area contributed by atoms with Crippen molar-refractivity contribution >= 4 is 27.4 Å². The van der Waals surface area contributed by atoms with Crippen LogP contribution in [0.4, 0.5) is 5.13 Å². The maximum Gasteiger partial charge on any atom is 0.185 e. The summed E-state index contributed by atoms with van der Waals surface area (Å²) in [5, 5.41) is 4.34. The lowest BCUT2D eigenvalue weighted by Crippen LogP contribution is -2.38. The van der Waals surface area contributed by atoms with Crippen LogP contribution in [0.25, 0.3) is 10.9 Å². The number of hydrogen-bond acceptors (Lipinski definition) is 5. The molecule has 0 unspecified atom stereocenters. The summed E-state index contributed by atoms with van der Waals surface area (Å²) >= 11 is 1.71. The van der Waals surface area contributed by atoms with E-state index in [9.17, 15) is 0 Å². The monoisotopic (exact) mass is 357 g/mol. The SMILES string of the molecule is COCCn1ccc2c(OC3CCN(c4nccs4)CC3)cccc21. The lowest BCUT2D eigenvalue weighted by atomic mass is 10.1. The molecule has 6 heteroatoms. The fourth-order valence-corrected chi connectivity index (χ4v) is 4.10. The summed E-state index contributed by atoms with van der Waals surface area (Å²) in [6, 6.07) is 8.44. The van der Waals surface area contributed by atoms with Crippen LogP contribution in [-0.2, 0) is 11.3 Å². The number of thiazole rings is 1. The van der Waals surface area contributed by atoms with E-state index in [-0.39, 0.29) is 6.10 Å². The molecule has 1 aliphatic heterocycles. The molecule has 0 aliphatic carbocycles. The number of rotatable bonds is 6. The average Bonchev–Trinajstić information content (AvgIpc) is 3.31. The molecule has 0 atom stereocenters. The highest BCUT2D eigenvalue weighted by Gasteiger charge is 2.22. The molecule has 5 nitrogen and oxygen atoms in total. The van der Waals surface area contributed by atoms with Gasteiger partial charge in [0.15, 0.2) is 5.13 Å². The fourth-order valence-electron chi connectivity index (χ4n) is 3.40. The maximum atomic E-state index is 6.36. The van der Waals surface area contributed by atoms with Gasteiger partial charge >= 0.3 is 0 Å². The van der Waals surface area contributed by atoms with Crippen molar-refractivity contribution in [1.82, 2.24) is 9.55 Å². The molecule has 0 amide bonds. The molecule has 0 spiro atoms. The average molecular weight is 357 g/mol. The van der Waals surface area contributed by atoms with E-state index in [1.54, 1.807) is 18.4 Å². The zero-order valence-corrected chi connectivity index (χ0v) is 15.2. The molecule has 1 saturated heterocycles. The van der Waals surface area contributed by atoms with Crippen molar-refractivity contribution in [2.45, 2.75) is 25.5 Å².